The lowest BCUT2D eigenvalue weighted by Gasteiger charge is -2.32. The summed E-state index contributed by atoms with van der Waals surface area (Å²) >= 11 is 0. The number of anilines is 3. The largest absolute Gasteiger partial charge is 0.492 e. The first kappa shape index (κ1) is 22.3. The molecule has 1 fully saturated rings. The molecule has 11 heteroatoms. The minimum atomic E-state index is -1.01. The Morgan fingerprint density at radius 1 is 1.24 bits per heavy atom. The van der Waals surface area contributed by atoms with Crippen LogP contribution in [0.25, 0.3) is 0 Å². The normalized spacial score (nSPS) is 18.3. The number of fused-ring (bicyclic) bond motifs is 1. The molecule has 33 heavy (non-hydrogen) atoms. The van der Waals surface area contributed by atoms with Gasteiger partial charge in [-0.15, -0.1) is 0 Å². The summed E-state index contributed by atoms with van der Waals surface area (Å²) in [6.07, 6.45) is 0.920. The van der Waals surface area contributed by atoms with E-state index in [0.717, 1.165) is 0 Å². The van der Waals surface area contributed by atoms with Gasteiger partial charge in [-0.3, -0.25) is 24.2 Å². The van der Waals surface area contributed by atoms with Crippen LogP contribution in [0.15, 0.2) is 29.1 Å². The zero-order valence-corrected chi connectivity index (χ0v) is 18.2. The van der Waals surface area contributed by atoms with Crippen LogP contribution in [0.3, 0.4) is 0 Å². The maximum absolute atomic E-state index is 13.1. The summed E-state index contributed by atoms with van der Waals surface area (Å²) in [4.78, 5) is 58.8. The fraction of sp³-hybridized carbons (Fsp3) is 0.409. The standard InChI is InChI=1S/C22H26N6O5/c1-2-33-15-6-4-3-5-14(15)24-20(31)13-11-16(29)25-19-17(13)21(32)27-22(26-19)28-9-7-12(8-10-28)18(23)30/h3-6,12-13H,2,7-11H2,1H3,(H2,23,30)(H,24,31)(H2,25,26,27,29,32)/t13-/m0/s1. The van der Waals surface area contributed by atoms with Gasteiger partial charge in [0.15, 0.2) is 0 Å². The van der Waals surface area contributed by atoms with Gasteiger partial charge in [0.2, 0.25) is 23.7 Å². The summed E-state index contributed by atoms with van der Waals surface area (Å²) < 4.78 is 5.54. The summed E-state index contributed by atoms with van der Waals surface area (Å²) in [5, 5.41) is 5.38. The Kier molecular flexibility index (Phi) is 6.29. The number of carbonyl (C=O) groups is 3. The SMILES string of the molecule is CCOc1ccccc1NC(=O)[C@H]1CC(=O)Nc2nc(N3CCC(C(N)=O)CC3)[nH]c(=O)c21. The number of primary amides is 1. The number of nitrogens with one attached hydrogen (secondary N) is 3. The molecular formula is C22H26N6O5. The molecule has 0 radical (unpaired) electrons. The summed E-state index contributed by atoms with van der Waals surface area (Å²) in [6, 6.07) is 6.95. The number of para-hydroxylation sites is 2. The van der Waals surface area contributed by atoms with Crippen LogP contribution in [0.1, 0.15) is 37.7 Å². The van der Waals surface area contributed by atoms with E-state index < -0.39 is 23.3 Å². The lowest BCUT2D eigenvalue weighted by molar-refractivity contribution is -0.123. The molecule has 4 rings (SSSR count). The fourth-order valence-electron chi connectivity index (χ4n) is 4.18. The van der Waals surface area contributed by atoms with Crippen LogP contribution >= 0.6 is 0 Å². The molecule has 11 nitrogen and oxygen atoms in total. The van der Waals surface area contributed by atoms with Crippen molar-refractivity contribution in [2.24, 2.45) is 11.7 Å². The second-order valence-electron chi connectivity index (χ2n) is 8.04. The number of carbonyl (C=O) groups excluding carboxylic acids is 3. The quantitative estimate of drug-likeness (QED) is 0.505. The molecule has 2 aliphatic rings. The van der Waals surface area contributed by atoms with Crippen molar-refractivity contribution in [1.82, 2.24) is 9.97 Å². The van der Waals surface area contributed by atoms with Gasteiger partial charge in [-0.2, -0.15) is 4.98 Å². The molecule has 1 aromatic carbocycles. The van der Waals surface area contributed by atoms with E-state index in [2.05, 4.69) is 20.6 Å². The van der Waals surface area contributed by atoms with E-state index in [0.29, 0.717) is 44.0 Å². The van der Waals surface area contributed by atoms with Crippen molar-refractivity contribution in [3.63, 3.8) is 0 Å². The molecule has 0 unspecified atom stereocenters. The summed E-state index contributed by atoms with van der Waals surface area (Å²) in [7, 11) is 0. The van der Waals surface area contributed by atoms with Crippen LogP contribution in [-0.4, -0.2) is 47.4 Å². The maximum atomic E-state index is 13.1. The van der Waals surface area contributed by atoms with Crippen LogP contribution in [0, 0.1) is 5.92 Å². The number of benzene rings is 1. The number of hydrogen-bond donors (Lipinski definition) is 4. The number of piperidine rings is 1. The minimum Gasteiger partial charge on any atom is -0.492 e. The third kappa shape index (κ3) is 4.66. The van der Waals surface area contributed by atoms with Crippen molar-refractivity contribution in [3.05, 3.63) is 40.2 Å². The molecule has 174 valence electrons. The number of rotatable bonds is 6. The summed E-state index contributed by atoms with van der Waals surface area (Å²) in [6.45, 7) is 3.23. The smallest absolute Gasteiger partial charge is 0.258 e. The molecular weight excluding hydrogens is 428 g/mol. The molecule has 1 atom stereocenters. The molecule has 1 aromatic heterocycles. The molecule has 0 spiro atoms. The molecule has 1 saturated heterocycles. The van der Waals surface area contributed by atoms with Crippen LogP contribution in [0.2, 0.25) is 0 Å². The van der Waals surface area contributed by atoms with E-state index in [9.17, 15) is 19.2 Å². The minimum absolute atomic E-state index is 0.0697. The number of amides is 3. The zero-order chi connectivity index (χ0) is 23.5. The molecule has 0 aliphatic carbocycles. The number of nitrogens with two attached hydrogens (primary N) is 1. The van der Waals surface area contributed by atoms with Gasteiger partial charge < -0.3 is 26.0 Å². The van der Waals surface area contributed by atoms with Crippen molar-refractivity contribution in [1.29, 1.82) is 0 Å². The second kappa shape index (κ2) is 9.31. The van der Waals surface area contributed by atoms with Gasteiger partial charge in [-0.05, 0) is 31.9 Å². The van der Waals surface area contributed by atoms with Gasteiger partial charge >= 0.3 is 0 Å². The Morgan fingerprint density at radius 3 is 2.67 bits per heavy atom. The number of aromatic amines is 1. The van der Waals surface area contributed by atoms with Gasteiger partial charge in [0.1, 0.15) is 11.6 Å². The van der Waals surface area contributed by atoms with E-state index in [4.69, 9.17) is 10.5 Å². The highest BCUT2D eigenvalue weighted by Gasteiger charge is 2.36. The average Bonchev–Trinajstić information content (AvgIpc) is 2.79. The summed E-state index contributed by atoms with van der Waals surface area (Å²) in [5.41, 5.74) is 5.45. The van der Waals surface area contributed by atoms with E-state index in [1.54, 1.807) is 24.3 Å². The van der Waals surface area contributed by atoms with E-state index >= 15 is 0 Å². The number of hydrogen-bond acceptors (Lipinski definition) is 7. The topological polar surface area (TPSA) is 160 Å². The lowest BCUT2D eigenvalue weighted by Crippen LogP contribution is -2.41. The van der Waals surface area contributed by atoms with Crippen LogP contribution in [-0.2, 0) is 14.4 Å². The van der Waals surface area contributed by atoms with Crippen molar-refractivity contribution >= 4 is 35.2 Å². The van der Waals surface area contributed by atoms with Gasteiger partial charge in [-0.1, -0.05) is 12.1 Å². The van der Waals surface area contributed by atoms with Crippen molar-refractivity contribution in [3.8, 4) is 5.75 Å². The third-order valence-electron chi connectivity index (χ3n) is 5.90. The molecule has 5 N–H and O–H groups in total. The molecule has 2 aromatic rings. The fourth-order valence-corrected chi connectivity index (χ4v) is 4.18. The van der Waals surface area contributed by atoms with Crippen molar-refractivity contribution in [2.45, 2.75) is 32.1 Å². The highest BCUT2D eigenvalue weighted by Crippen LogP contribution is 2.32. The second-order valence-corrected chi connectivity index (χ2v) is 8.04. The Balaban J connectivity index is 1.59. The monoisotopic (exact) mass is 454 g/mol. The number of nitrogens with zero attached hydrogens (tertiary/aromatic N) is 2. The number of ether oxygens (including phenoxy) is 1. The van der Waals surface area contributed by atoms with Gasteiger partial charge in [-0.25, -0.2) is 0 Å². The maximum Gasteiger partial charge on any atom is 0.258 e. The molecule has 0 saturated carbocycles. The van der Waals surface area contributed by atoms with E-state index in [1.807, 2.05) is 11.8 Å². The van der Waals surface area contributed by atoms with Gasteiger partial charge in [0.05, 0.1) is 23.8 Å². The number of H-pyrrole nitrogens is 1. The van der Waals surface area contributed by atoms with Crippen LogP contribution < -0.4 is 31.6 Å². The highest BCUT2D eigenvalue weighted by atomic mass is 16.5. The Hall–Kier alpha value is -3.89. The van der Waals surface area contributed by atoms with E-state index in [-0.39, 0.29) is 35.6 Å². The van der Waals surface area contributed by atoms with Crippen LogP contribution in [0.4, 0.5) is 17.5 Å². The zero-order valence-electron chi connectivity index (χ0n) is 18.2. The Bertz CT molecular complexity index is 1140. The first-order valence-electron chi connectivity index (χ1n) is 10.9. The summed E-state index contributed by atoms with van der Waals surface area (Å²) in [5.74, 6) is -1.61. The van der Waals surface area contributed by atoms with Gasteiger partial charge in [0, 0.05) is 25.4 Å². The molecule has 3 heterocycles. The van der Waals surface area contributed by atoms with E-state index in [1.165, 1.54) is 0 Å². The Morgan fingerprint density at radius 2 is 1.97 bits per heavy atom. The predicted octanol–water partition coefficient (Wildman–Crippen LogP) is 0.935. The third-order valence-corrected chi connectivity index (χ3v) is 5.90. The van der Waals surface area contributed by atoms with Crippen molar-refractivity contribution < 1.29 is 19.1 Å². The Labute approximate surface area is 189 Å². The lowest BCUT2D eigenvalue weighted by atomic mass is 9.92. The average molecular weight is 454 g/mol. The predicted molar refractivity (Wildman–Crippen MR) is 121 cm³/mol. The highest BCUT2D eigenvalue weighted by molar-refractivity contribution is 6.05. The molecule has 0 bridgehead atoms. The van der Waals surface area contributed by atoms with Gasteiger partial charge in [0.25, 0.3) is 5.56 Å². The van der Waals surface area contributed by atoms with Crippen molar-refractivity contribution in [2.75, 3.05) is 35.2 Å². The molecule has 2 aliphatic heterocycles. The number of aromatic nitrogens is 2. The first-order valence-corrected chi connectivity index (χ1v) is 10.9. The molecule has 3 amide bonds. The van der Waals surface area contributed by atoms with Crippen LogP contribution in [0.5, 0.6) is 5.75 Å². The first-order chi connectivity index (χ1) is 15.9.